The van der Waals surface area contributed by atoms with Crippen molar-refractivity contribution in [1.82, 2.24) is 20.4 Å². The highest BCUT2D eigenvalue weighted by atomic mass is 16.6. The van der Waals surface area contributed by atoms with Crippen LogP contribution in [0.25, 0.3) is 0 Å². The Morgan fingerprint density at radius 1 is 1.28 bits per heavy atom. The Morgan fingerprint density at radius 3 is 2.79 bits per heavy atom. The van der Waals surface area contributed by atoms with Gasteiger partial charge in [-0.25, -0.2) is 4.79 Å². The molecule has 2 heterocycles. The number of hydrogen-bond donors (Lipinski definition) is 2. The van der Waals surface area contributed by atoms with Crippen LogP contribution in [0.2, 0.25) is 0 Å². The normalized spacial score (nSPS) is 16.0. The molecule has 3 N–H and O–H groups in total. The summed E-state index contributed by atoms with van der Waals surface area (Å²) in [7, 11) is 0. The van der Waals surface area contributed by atoms with Gasteiger partial charge in [0.2, 0.25) is 11.8 Å². The van der Waals surface area contributed by atoms with Crippen LogP contribution in [0.1, 0.15) is 75.5 Å². The minimum atomic E-state index is -0.413. The minimum absolute atomic E-state index is 0.0196. The van der Waals surface area contributed by atoms with Gasteiger partial charge in [0.1, 0.15) is 12.6 Å². The molecule has 0 radical (unpaired) electrons. The Bertz CT molecular complexity index is 649. The summed E-state index contributed by atoms with van der Waals surface area (Å²) in [6.07, 6.45) is 9.64. The fraction of sp³-hybridized carbons (Fsp3) is 0.700. The van der Waals surface area contributed by atoms with E-state index < -0.39 is 6.09 Å². The maximum atomic E-state index is 12.1. The minimum Gasteiger partial charge on any atom is -0.445 e. The van der Waals surface area contributed by atoms with E-state index in [0.29, 0.717) is 24.7 Å². The topological polar surface area (TPSA) is 124 Å². The molecule has 0 spiro atoms. The van der Waals surface area contributed by atoms with E-state index in [1.165, 1.54) is 12.5 Å². The number of ether oxygens (including phenoxy) is 1. The summed E-state index contributed by atoms with van der Waals surface area (Å²) in [6.45, 7) is 5.25. The van der Waals surface area contributed by atoms with E-state index in [4.69, 9.17) is 15.0 Å². The number of hydrogen-bond acceptors (Lipinski definition) is 7. The second-order valence-electron chi connectivity index (χ2n) is 7.20. The van der Waals surface area contributed by atoms with Crippen LogP contribution in [0, 0.1) is 0 Å². The molecule has 29 heavy (non-hydrogen) atoms. The van der Waals surface area contributed by atoms with Crippen LogP contribution in [0.3, 0.4) is 0 Å². The maximum absolute atomic E-state index is 12.1. The molecule has 2 amide bonds. The van der Waals surface area contributed by atoms with Crippen LogP contribution in [-0.4, -0.2) is 46.7 Å². The van der Waals surface area contributed by atoms with Gasteiger partial charge in [0, 0.05) is 13.0 Å². The summed E-state index contributed by atoms with van der Waals surface area (Å²) in [5, 5.41) is 6.74. The van der Waals surface area contributed by atoms with E-state index in [1.807, 2.05) is 0 Å². The first-order valence-electron chi connectivity index (χ1n) is 10.5. The molecule has 1 aliphatic rings. The zero-order chi connectivity index (χ0) is 20.9. The third kappa shape index (κ3) is 7.84. The van der Waals surface area contributed by atoms with Crippen molar-refractivity contribution in [3.05, 3.63) is 24.4 Å². The molecule has 1 aromatic heterocycles. The number of carbonyl (C=O) groups excluding carboxylic acids is 2. The Labute approximate surface area is 172 Å². The molecule has 1 saturated heterocycles. The number of aromatic nitrogens is 2. The molecular formula is C20H33N5O4. The van der Waals surface area contributed by atoms with Crippen molar-refractivity contribution >= 4 is 12.0 Å². The average molecular weight is 408 g/mol. The molecule has 0 bridgehead atoms. The van der Waals surface area contributed by atoms with E-state index in [9.17, 15) is 9.59 Å². The summed E-state index contributed by atoms with van der Waals surface area (Å²) in [5.41, 5.74) is 5.47. The highest BCUT2D eigenvalue weighted by Crippen LogP contribution is 2.31. The van der Waals surface area contributed by atoms with Crippen molar-refractivity contribution in [2.75, 3.05) is 19.7 Å². The highest BCUT2D eigenvalue weighted by molar-refractivity contribution is 5.75. The summed E-state index contributed by atoms with van der Waals surface area (Å²) < 4.78 is 10.4. The van der Waals surface area contributed by atoms with Gasteiger partial charge in [0.15, 0.2) is 5.82 Å². The summed E-state index contributed by atoms with van der Waals surface area (Å²) in [6, 6.07) is -0.288. The second kappa shape index (κ2) is 12.9. The van der Waals surface area contributed by atoms with E-state index >= 15 is 0 Å². The summed E-state index contributed by atoms with van der Waals surface area (Å²) in [4.78, 5) is 30.0. The lowest BCUT2D eigenvalue weighted by Gasteiger charge is -2.20. The molecular weight excluding hydrogens is 374 g/mol. The molecule has 9 heteroatoms. The summed E-state index contributed by atoms with van der Waals surface area (Å²) >= 11 is 0. The molecule has 162 valence electrons. The number of unbranched alkanes of at least 4 members (excludes halogenated alkanes) is 5. The summed E-state index contributed by atoms with van der Waals surface area (Å²) in [5.74, 6) is 0.759. The molecule has 0 aromatic carbocycles. The number of amides is 2. The maximum Gasteiger partial charge on any atom is 0.410 e. The van der Waals surface area contributed by atoms with Gasteiger partial charge in [0.05, 0.1) is 6.54 Å². The van der Waals surface area contributed by atoms with Gasteiger partial charge in [-0.3, -0.25) is 9.69 Å². The lowest BCUT2D eigenvalue weighted by molar-refractivity contribution is -0.121. The van der Waals surface area contributed by atoms with Gasteiger partial charge in [0.25, 0.3) is 0 Å². The lowest BCUT2D eigenvalue weighted by Crippen LogP contribution is -2.31. The fourth-order valence-electron chi connectivity index (χ4n) is 3.33. The number of nitrogens with zero attached hydrogens (tertiary/aromatic N) is 3. The molecule has 1 fully saturated rings. The largest absolute Gasteiger partial charge is 0.445 e. The predicted molar refractivity (Wildman–Crippen MR) is 108 cm³/mol. The quantitative estimate of drug-likeness (QED) is 0.380. The Hall–Kier alpha value is -2.42. The van der Waals surface area contributed by atoms with Crippen molar-refractivity contribution in [2.24, 2.45) is 5.73 Å². The first-order valence-corrected chi connectivity index (χ1v) is 10.5. The molecule has 0 saturated carbocycles. The van der Waals surface area contributed by atoms with Crippen LogP contribution in [0.15, 0.2) is 17.2 Å². The number of rotatable bonds is 13. The van der Waals surface area contributed by atoms with Gasteiger partial charge in [-0.1, -0.05) is 43.5 Å². The SMILES string of the molecule is C=CCOC(=O)N1CCC[C@@H]1c1nc(CNC(=O)CCCCCCCCN)no1. The number of nitrogens with one attached hydrogen (secondary N) is 1. The van der Waals surface area contributed by atoms with Gasteiger partial charge in [-0.05, 0) is 32.2 Å². The van der Waals surface area contributed by atoms with Crippen LogP contribution >= 0.6 is 0 Å². The molecule has 9 nitrogen and oxygen atoms in total. The van der Waals surface area contributed by atoms with Crippen molar-refractivity contribution < 1.29 is 18.8 Å². The number of likely N-dealkylation sites (tertiary alicyclic amines) is 1. The molecule has 1 atom stereocenters. The Kier molecular flexibility index (Phi) is 10.2. The van der Waals surface area contributed by atoms with Crippen LogP contribution in [-0.2, 0) is 16.1 Å². The molecule has 1 aliphatic heterocycles. The van der Waals surface area contributed by atoms with Gasteiger partial charge >= 0.3 is 6.09 Å². The van der Waals surface area contributed by atoms with E-state index in [1.54, 1.807) is 4.90 Å². The van der Waals surface area contributed by atoms with Crippen molar-refractivity contribution in [1.29, 1.82) is 0 Å². The van der Waals surface area contributed by atoms with Crippen LogP contribution in [0.4, 0.5) is 4.79 Å². The van der Waals surface area contributed by atoms with Crippen molar-refractivity contribution in [2.45, 2.75) is 70.4 Å². The monoisotopic (exact) mass is 407 g/mol. The first-order chi connectivity index (χ1) is 14.2. The lowest BCUT2D eigenvalue weighted by atomic mass is 10.1. The van der Waals surface area contributed by atoms with Gasteiger partial charge in [-0.15, -0.1) is 0 Å². The third-order valence-electron chi connectivity index (χ3n) is 4.88. The molecule has 1 aromatic rings. The Morgan fingerprint density at radius 2 is 2.03 bits per heavy atom. The molecule has 2 rings (SSSR count). The van der Waals surface area contributed by atoms with Gasteiger partial charge in [-0.2, -0.15) is 4.98 Å². The number of carbonyl (C=O) groups is 2. The zero-order valence-electron chi connectivity index (χ0n) is 17.1. The second-order valence-corrected chi connectivity index (χ2v) is 7.20. The van der Waals surface area contributed by atoms with E-state index in [2.05, 4.69) is 22.0 Å². The Balaban J connectivity index is 1.69. The van der Waals surface area contributed by atoms with E-state index in [0.717, 1.165) is 51.5 Å². The van der Waals surface area contributed by atoms with Crippen molar-refractivity contribution in [3.8, 4) is 0 Å². The smallest absolute Gasteiger partial charge is 0.410 e. The van der Waals surface area contributed by atoms with Gasteiger partial charge < -0.3 is 20.3 Å². The standard InChI is InChI=1S/C20H33N5O4/c1-2-14-28-20(27)25-13-9-10-16(25)19-23-17(24-29-19)15-22-18(26)11-7-5-3-4-6-8-12-21/h2,16H,1,3-15,21H2,(H,22,26)/t16-/m1/s1. The zero-order valence-corrected chi connectivity index (χ0v) is 17.1. The fourth-order valence-corrected chi connectivity index (χ4v) is 3.33. The molecule has 0 aliphatic carbocycles. The first kappa shape index (κ1) is 22.9. The number of nitrogens with two attached hydrogens (primary N) is 1. The third-order valence-corrected chi connectivity index (χ3v) is 4.88. The predicted octanol–water partition coefficient (Wildman–Crippen LogP) is 2.83. The highest BCUT2D eigenvalue weighted by Gasteiger charge is 2.35. The van der Waals surface area contributed by atoms with Crippen molar-refractivity contribution in [3.63, 3.8) is 0 Å². The van der Waals surface area contributed by atoms with Crippen LogP contribution in [0.5, 0.6) is 0 Å². The van der Waals surface area contributed by atoms with E-state index in [-0.39, 0.29) is 25.1 Å². The molecule has 0 unspecified atom stereocenters. The average Bonchev–Trinajstić information content (AvgIpc) is 3.39. The van der Waals surface area contributed by atoms with Crippen LogP contribution < -0.4 is 11.1 Å².